The van der Waals surface area contributed by atoms with E-state index in [1.165, 1.54) is 0 Å². The van der Waals surface area contributed by atoms with Crippen molar-refractivity contribution >= 4 is 11.6 Å². The first-order valence-electron chi connectivity index (χ1n) is 4.79. The molecule has 15 heavy (non-hydrogen) atoms. The van der Waals surface area contributed by atoms with Gasteiger partial charge >= 0.3 is 0 Å². The first kappa shape index (κ1) is 10.3. The van der Waals surface area contributed by atoms with E-state index in [0.29, 0.717) is 6.54 Å². The smallest absolute Gasteiger partial charge is 0.0832 e. The summed E-state index contributed by atoms with van der Waals surface area (Å²) >= 11 is 6.06. The molecule has 78 valence electrons. The molecule has 0 saturated carbocycles. The van der Waals surface area contributed by atoms with Crippen LogP contribution in [0, 0.1) is 0 Å². The molecule has 0 radical (unpaired) electrons. The average molecular weight is 222 g/mol. The van der Waals surface area contributed by atoms with Crippen LogP contribution in [0.1, 0.15) is 11.3 Å². The fourth-order valence-electron chi connectivity index (χ4n) is 1.56. The highest BCUT2D eigenvalue weighted by Crippen LogP contribution is 2.17. The van der Waals surface area contributed by atoms with Crippen LogP contribution in [-0.4, -0.2) is 9.67 Å². The second-order valence-electron chi connectivity index (χ2n) is 3.38. The van der Waals surface area contributed by atoms with Crippen molar-refractivity contribution in [3.8, 4) is 0 Å². The number of aromatic nitrogens is 1. The molecule has 2 rings (SSSR count). The van der Waals surface area contributed by atoms with Gasteiger partial charge in [0.25, 0.3) is 0 Å². The standard InChI is InChI=1S/C12H12ClNO/c13-12-6-2-1-4-10(12)8-14-7-3-5-11(14)9-15/h1-7,15H,8-9H2. The lowest BCUT2D eigenvalue weighted by molar-refractivity contribution is 0.271. The Morgan fingerprint density at radius 2 is 1.93 bits per heavy atom. The molecule has 2 nitrogen and oxygen atoms in total. The molecule has 0 spiro atoms. The van der Waals surface area contributed by atoms with Gasteiger partial charge in [-0.05, 0) is 23.8 Å². The lowest BCUT2D eigenvalue weighted by atomic mass is 10.2. The third-order valence-corrected chi connectivity index (χ3v) is 2.75. The third-order valence-electron chi connectivity index (χ3n) is 2.38. The number of halogens is 1. The van der Waals surface area contributed by atoms with E-state index in [4.69, 9.17) is 16.7 Å². The quantitative estimate of drug-likeness (QED) is 0.847. The largest absolute Gasteiger partial charge is 0.390 e. The van der Waals surface area contributed by atoms with Crippen LogP contribution in [0.2, 0.25) is 5.02 Å². The first-order chi connectivity index (χ1) is 7.31. The molecule has 0 amide bonds. The highest BCUT2D eigenvalue weighted by molar-refractivity contribution is 6.31. The van der Waals surface area contributed by atoms with E-state index in [1.807, 2.05) is 47.2 Å². The first-order valence-corrected chi connectivity index (χ1v) is 5.17. The normalized spacial score (nSPS) is 10.5. The fraction of sp³-hybridized carbons (Fsp3) is 0.167. The van der Waals surface area contributed by atoms with Crippen LogP contribution in [-0.2, 0) is 13.2 Å². The van der Waals surface area contributed by atoms with Gasteiger partial charge in [0.2, 0.25) is 0 Å². The molecule has 0 saturated heterocycles. The lowest BCUT2D eigenvalue weighted by Crippen LogP contribution is -2.03. The van der Waals surface area contributed by atoms with Crippen molar-refractivity contribution in [2.24, 2.45) is 0 Å². The Bertz CT molecular complexity index is 450. The van der Waals surface area contributed by atoms with Crippen LogP contribution in [0.5, 0.6) is 0 Å². The summed E-state index contributed by atoms with van der Waals surface area (Å²) in [4.78, 5) is 0. The molecule has 0 aliphatic carbocycles. The van der Waals surface area contributed by atoms with Gasteiger partial charge in [-0.3, -0.25) is 0 Å². The van der Waals surface area contributed by atoms with Crippen LogP contribution in [0.4, 0.5) is 0 Å². The minimum Gasteiger partial charge on any atom is -0.390 e. The number of benzene rings is 1. The Kier molecular flexibility index (Phi) is 3.09. The van der Waals surface area contributed by atoms with Crippen LogP contribution < -0.4 is 0 Å². The van der Waals surface area contributed by atoms with Crippen molar-refractivity contribution in [1.82, 2.24) is 4.57 Å². The summed E-state index contributed by atoms with van der Waals surface area (Å²) in [5.41, 5.74) is 1.96. The number of hydrogen-bond donors (Lipinski definition) is 1. The molecular weight excluding hydrogens is 210 g/mol. The molecule has 0 bridgehead atoms. The number of rotatable bonds is 3. The average Bonchev–Trinajstić information content (AvgIpc) is 2.69. The van der Waals surface area contributed by atoms with Gasteiger partial charge in [-0.15, -0.1) is 0 Å². The molecule has 0 aliphatic heterocycles. The summed E-state index contributed by atoms with van der Waals surface area (Å²) in [6.45, 7) is 0.750. The molecule has 0 unspecified atom stereocenters. The van der Waals surface area contributed by atoms with E-state index < -0.39 is 0 Å². The second-order valence-corrected chi connectivity index (χ2v) is 3.78. The molecule has 0 fully saturated rings. The number of aliphatic hydroxyl groups excluding tert-OH is 1. The van der Waals surface area contributed by atoms with Gasteiger partial charge in [-0.1, -0.05) is 29.8 Å². The Morgan fingerprint density at radius 3 is 2.67 bits per heavy atom. The Balaban J connectivity index is 2.26. The zero-order valence-electron chi connectivity index (χ0n) is 8.23. The van der Waals surface area contributed by atoms with E-state index in [0.717, 1.165) is 16.3 Å². The van der Waals surface area contributed by atoms with Gasteiger partial charge in [0.15, 0.2) is 0 Å². The SMILES string of the molecule is OCc1cccn1Cc1ccccc1Cl. The predicted octanol–water partition coefficient (Wildman–Crippen LogP) is 2.68. The van der Waals surface area contributed by atoms with E-state index in [9.17, 15) is 0 Å². The number of aliphatic hydroxyl groups is 1. The van der Waals surface area contributed by atoms with Crippen LogP contribution in [0.3, 0.4) is 0 Å². The minimum absolute atomic E-state index is 0.0530. The van der Waals surface area contributed by atoms with Gasteiger partial charge in [-0.2, -0.15) is 0 Å². The monoisotopic (exact) mass is 221 g/mol. The van der Waals surface area contributed by atoms with E-state index in [-0.39, 0.29) is 6.61 Å². The lowest BCUT2D eigenvalue weighted by Gasteiger charge is -2.08. The van der Waals surface area contributed by atoms with Crippen LogP contribution in [0.15, 0.2) is 42.6 Å². The zero-order valence-corrected chi connectivity index (χ0v) is 8.98. The van der Waals surface area contributed by atoms with E-state index in [2.05, 4.69) is 0 Å². The summed E-state index contributed by atoms with van der Waals surface area (Å²) in [6, 6.07) is 11.6. The minimum atomic E-state index is 0.0530. The second kappa shape index (κ2) is 4.51. The Hall–Kier alpha value is -1.25. The van der Waals surface area contributed by atoms with Crippen LogP contribution in [0.25, 0.3) is 0 Å². The molecule has 2 aromatic rings. The van der Waals surface area contributed by atoms with Crippen LogP contribution >= 0.6 is 11.6 Å². The molecule has 1 N–H and O–H groups in total. The van der Waals surface area contributed by atoms with Crippen molar-refractivity contribution in [2.75, 3.05) is 0 Å². The highest BCUT2D eigenvalue weighted by atomic mass is 35.5. The Labute approximate surface area is 93.7 Å². The summed E-state index contributed by atoms with van der Waals surface area (Å²) in [6.07, 6.45) is 1.94. The fourth-order valence-corrected chi connectivity index (χ4v) is 1.75. The number of nitrogens with zero attached hydrogens (tertiary/aromatic N) is 1. The maximum atomic E-state index is 9.10. The molecule has 1 aromatic carbocycles. The molecule has 3 heteroatoms. The highest BCUT2D eigenvalue weighted by Gasteiger charge is 2.02. The summed E-state index contributed by atoms with van der Waals surface area (Å²) in [5.74, 6) is 0. The molecular formula is C12H12ClNO. The maximum Gasteiger partial charge on any atom is 0.0832 e. The topological polar surface area (TPSA) is 25.2 Å². The van der Waals surface area contributed by atoms with Crippen molar-refractivity contribution < 1.29 is 5.11 Å². The Morgan fingerprint density at radius 1 is 1.13 bits per heavy atom. The zero-order chi connectivity index (χ0) is 10.7. The summed E-state index contributed by atoms with van der Waals surface area (Å²) < 4.78 is 1.99. The van der Waals surface area contributed by atoms with Gasteiger partial charge < -0.3 is 9.67 Å². The molecule has 1 aromatic heterocycles. The van der Waals surface area contributed by atoms with Crippen molar-refractivity contribution in [3.05, 3.63) is 58.9 Å². The van der Waals surface area contributed by atoms with Gasteiger partial charge in [0.1, 0.15) is 0 Å². The van der Waals surface area contributed by atoms with Crippen molar-refractivity contribution in [2.45, 2.75) is 13.2 Å². The van der Waals surface area contributed by atoms with Crippen molar-refractivity contribution in [3.63, 3.8) is 0 Å². The van der Waals surface area contributed by atoms with Gasteiger partial charge in [-0.25, -0.2) is 0 Å². The predicted molar refractivity (Wildman–Crippen MR) is 60.9 cm³/mol. The third kappa shape index (κ3) is 2.22. The summed E-state index contributed by atoms with van der Waals surface area (Å²) in [5, 5.41) is 9.86. The summed E-state index contributed by atoms with van der Waals surface area (Å²) in [7, 11) is 0. The molecule has 0 aliphatic rings. The van der Waals surface area contributed by atoms with Gasteiger partial charge in [0.05, 0.1) is 6.61 Å². The van der Waals surface area contributed by atoms with Crippen molar-refractivity contribution in [1.29, 1.82) is 0 Å². The van der Waals surface area contributed by atoms with E-state index >= 15 is 0 Å². The molecule has 1 heterocycles. The van der Waals surface area contributed by atoms with E-state index in [1.54, 1.807) is 0 Å². The maximum absolute atomic E-state index is 9.10. The van der Waals surface area contributed by atoms with Gasteiger partial charge in [0, 0.05) is 23.5 Å². The molecule has 0 atom stereocenters. The number of hydrogen-bond acceptors (Lipinski definition) is 1.